The molecule has 0 saturated heterocycles. The molecule has 254 valence electrons. The van der Waals surface area contributed by atoms with Crippen LogP contribution in [0, 0.1) is 11.8 Å². The van der Waals surface area contributed by atoms with Crippen LogP contribution in [0.5, 0.6) is 0 Å². The van der Waals surface area contributed by atoms with Gasteiger partial charge in [0.15, 0.2) is 6.29 Å². The Morgan fingerprint density at radius 2 is 1.42 bits per heavy atom. The highest BCUT2D eigenvalue weighted by atomic mass is 32.2. The Morgan fingerprint density at radius 3 is 1.93 bits per heavy atom. The monoisotopic (exact) mass is 647 g/mol. The van der Waals surface area contributed by atoms with E-state index >= 15 is 0 Å². The van der Waals surface area contributed by atoms with E-state index in [4.69, 9.17) is 4.98 Å². The first-order chi connectivity index (χ1) is 21.8. The Balaban J connectivity index is 1.38. The van der Waals surface area contributed by atoms with E-state index in [1.54, 1.807) is 6.92 Å². The molecule has 2 heterocycles. The second-order valence-electron chi connectivity index (χ2n) is 13.2. The summed E-state index contributed by atoms with van der Waals surface area (Å²) in [5, 5.41) is 39.6. The van der Waals surface area contributed by atoms with Crippen molar-refractivity contribution in [2.45, 2.75) is 139 Å². The van der Waals surface area contributed by atoms with Crippen molar-refractivity contribution >= 4 is 22.9 Å². The second-order valence-corrected chi connectivity index (χ2v) is 14.2. The molecule has 0 radical (unpaired) electrons. The Hall–Kier alpha value is -1.80. The lowest BCUT2D eigenvalue weighted by molar-refractivity contribution is -0.128. The zero-order valence-electron chi connectivity index (χ0n) is 27.3. The summed E-state index contributed by atoms with van der Waals surface area (Å²) >= 11 is 1.12. The minimum atomic E-state index is -1.46. The lowest BCUT2D eigenvalue weighted by Crippen LogP contribution is -2.53. The number of amides is 2. The number of thioether (sulfide) groups is 1. The summed E-state index contributed by atoms with van der Waals surface area (Å²) in [4.78, 5) is 31.7. The van der Waals surface area contributed by atoms with Gasteiger partial charge in [-0.2, -0.15) is 0 Å². The number of carbonyl (C=O) groups is 2. The molecule has 2 saturated carbocycles. The van der Waals surface area contributed by atoms with Gasteiger partial charge < -0.3 is 42.1 Å². The van der Waals surface area contributed by atoms with Crippen LogP contribution < -0.4 is 31.9 Å². The molecule has 8 N–H and O–H groups in total. The number of fused-ring (bicyclic) bond motifs is 4. The molecule has 0 aromatic carbocycles. The molecule has 12 heteroatoms. The number of aromatic nitrogens is 1. The third-order valence-corrected chi connectivity index (χ3v) is 10.4. The van der Waals surface area contributed by atoms with Crippen LogP contribution in [0.25, 0.3) is 0 Å². The minimum absolute atomic E-state index is 0.0173. The summed E-state index contributed by atoms with van der Waals surface area (Å²) < 4.78 is 0. The minimum Gasteiger partial charge on any atom is -0.368 e. The van der Waals surface area contributed by atoms with E-state index in [0.717, 1.165) is 66.8 Å². The highest BCUT2D eigenvalue weighted by Gasteiger charge is 2.27. The maximum Gasteiger partial charge on any atom is 0.285 e. The molecule has 2 unspecified atom stereocenters. The van der Waals surface area contributed by atoms with Crippen molar-refractivity contribution in [3.8, 4) is 0 Å². The van der Waals surface area contributed by atoms with Gasteiger partial charge in [0.2, 0.25) is 5.91 Å². The molecular weight excluding hydrogens is 590 g/mol. The molecule has 45 heavy (non-hydrogen) atoms. The quantitative estimate of drug-likeness (QED) is 0.140. The summed E-state index contributed by atoms with van der Waals surface area (Å²) in [5.74, 6) is -0.921. The zero-order valence-corrected chi connectivity index (χ0v) is 28.1. The standard InChI is InChI=1S/C33H57N7O4S/c1-3-4-9-23(16-22(2)32(42)43)31(41)38-21-39-33(44)45-26-17-24-19-36-29-12-7-5-10-27(29)34-14-15-35-28-11-6-8-13-30(28)37-20-25(18-26)40-24/h17-18,22-23,27-30,32,34-37,42-43H,3-16,19-21H2,1-2H3,(H,38,41)(H,39,44)/t22?,23?,27-,28+,29+,30-. The van der Waals surface area contributed by atoms with Crippen molar-refractivity contribution in [1.82, 2.24) is 36.9 Å². The van der Waals surface area contributed by atoms with Gasteiger partial charge in [-0.15, -0.1) is 0 Å². The van der Waals surface area contributed by atoms with Crippen molar-refractivity contribution in [3.05, 3.63) is 23.5 Å². The van der Waals surface area contributed by atoms with Crippen LogP contribution in [0.15, 0.2) is 17.0 Å². The van der Waals surface area contributed by atoms with Crippen LogP contribution in [0.1, 0.15) is 102 Å². The number of carbonyl (C=O) groups excluding carboxylic acids is 2. The van der Waals surface area contributed by atoms with Crippen LogP contribution in [-0.4, -0.2) is 76.6 Å². The molecule has 4 rings (SSSR count). The number of hydrogen-bond donors (Lipinski definition) is 8. The molecule has 1 aromatic heterocycles. The smallest absolute Gasteiger partial charge is 0.285 e. The Kier molecular flexibility index (Phi) is 15.3. The summed E-state index contributed by atoms with van der Waals surface area (Å²) in [7, 11) is 0. The summed E-state index contributed by atoms with van der Waals surface area (Å²) in [6, 6.07) is 5.67. The van der Waals surface area contributed by atoms with Crippen LogP contribution in [0.4, 0.5) is 4.79 Å². The molecule has 2 amide bonds. The number of rotatable bonds is 10. The van der Waals surface area contributed by atoms with Gasteiger partial charge in [0.05, 0.1) is 18.1 Å². The molecule has 2 bridgehead atoms. The SMILES string of the molecule is CCCCC(CC(C)C(O)O)C(=O)NCNC(=O)Sc1cc2nc(c1)CN[C@@H]1CCCC[C@@H]1NCCN[C@@H]1CCCC[C@@H]1NC2. The molecular formula is C33H57N7O4S. The predicted molar refractivity (Wildman–Crippen MR) is 178 cm³/mol. The second kappa shape index (κ2) is 19.1. The first-order valence-electron chi connectivity index (χ1n) is 17.3. The van der Waals surface area contributed by atoms with Crippen molar-refractivity contribution in [2.24, 2.45) is 11.8 Å². The van der Waals surface area contributed by atoms with E-state index in [0.29, 0.717) is 50.1 Å². The number of hydrogen-bond acceptors (Lipinski definition) is 10. The number of pyridine rings is 1. The topological polar surface area (TPSA) is 160 Å². The maximum absolute atomic E-state index is 13.0. The van der Waals surface area contributed by atoms with Gasteiger partial charge >= 0.3 is 0 Å². The van der Waals surface area contributed by atoms with Crippen molar-refractivity contribution < 1.29 is 19.8 Å². The summed E-state index contributed by atoms with van der Waals surface area (Å²) in [5.41, 5.74) is 1.85. The fourth-order valence-electron chi connectivity index (χ4n) is 6.95. The van der Waals surface area contributed by atoms with Gasteiger partial charge in [-0.05, 0) is 62.4 Å². The average molecular weight is 648 g/mol. The number of unbranched alkanes of at least 4 members (excludes halogenated alkanes) is 1. The third kappa shape index (κ3) is 12.1. The van der Waals surface area contributed by atoms with Crippen molar-refractivity contribution in [3.63, 3.8) is 0 Å². The number of nitrogens with zero attached hydrogens (tertiary/aromatic N) is 1. The molecule has 0 spiro atoms. The number of aliphatic hydroxyl groups is 2. The average Bonchev–Trinajstić information content (AvgIpc) is 3.03. The van der Waals surface area contributed by atoms with Crippen LogP contribution in [-0.2, 0) is 17.9 Å². The van der Waals surface area contributed by atoms with Crippen molar-refractivity contribution in [2.75, 3.05) is 19.8 Å². The van der Waals surface area contributed by atoms with Gasteiger partial charge in [0.25, 0.3) is 5.24 Å². The summed E-state index contributed by atoms with van der Waals surface area (Å²) in [6.07, 6.45) is 11.0. The van der Waals surface area contributed by atoms with Crippen molar-refractivity contribution in [1.29, 1.82) is 0 Å². The van der Waals surface area contributed by atoms with Crippen LogP contribution in [0.3, 0.4) is 0 Å². The maximum atomic E-state index is 13.0. The lowest BCUT2D eigenvalue weighted by Gasteiger charge is -2.34. The molecule has 6 atom stereocenters. The fourth-order valence-corrected chi connectivity index (χ4v) is 7.70. The van der Waals surface area contributed by atoms with Gasteiger partial charge in [0.1, 0.15) is 0 Å². The first kappa shape index (κ1) is 36.0. The Labute approximate surface area is 273 Å². The molecule has 2 fully saturated rings. The largest absolute Gasteiger partial charge is 0.368 e. The first-order valence-corrected chi connectivity index (χ1v) is 18.2. The zero-order chi connectivity index (χ0) is 32.0. The van der Waals surface area contributed by atoms with E-state index < -0.39 is 12.2 Å². The third-order valence-electron chi connectivity index (χ3n) is 9.61. The molecule has 1 aliphatic heterocycles. The Morgan fingerprint density at radius 1 is 0.889 bits per heavy atom. The normalized spacial score (nSPS) is 26.0. The molecule has 2 aliphatic carbocycles. The van der Waals surface area contributed by atoms with Gasteiger partial charge in [-0.3, -0.25) is 14.6 Å². The van der Waals surface area contributed by atoms with Crippen LogP contribution in [0.2, 0.25) is 0 Å². The van der Waals surface area contributed by atoms with E-state index in [2.05, 4.69) is 38.8 Å². The van der Waals surface area contributed by atoms with E-state index in [-0.39, 0.29) is 23.7 Å². The summed E-state index contributed by atoms with van der Waals surface area (Å²) in [6.45, 7) is 7.04. The van der Waals surface area contributed by atoms with Gasteiger partial charge in [-0.1, -0.05) is 52.4 Å². The molecule has 3 aliphatic rings. The Bertz CT molecular complexity index is 1020. The van der Waals surface area contributed by atoms with E-state index in [9.17, 15) is 19.8 Å². The molecule has 1 aromatic rings. The lowest BCUT2D eigenvalue weighted by atomic mass is 9.89. The highest BCUT2D eigenvalue weighted by molar-refractivity contribution is 8.13. The van der Waals surface area contributed by atoms with E-state index in [1.807, 2.05) is 12.1 Å². The van der Waals surface area contributed by atoms with Gasteiger partial charge in [0, 0.05) is 67.1 Å². The van der Waals surface area contributed by atoms with Crippen LogP contribution >= 0.6 is 11.8 Å². The number of nitrogens with one attached hydrogen (secondary N) is 6. The van der Waals surface area contributed by atoms with Gasteiger partial charge in [-0.25, -0.2) is 0 Å². The fraction of sp³-hybridized carbons (Fsp3) is 0.788. The number of aliphatic hydroxyl groups excluding tert-OH is 1. The molecule has 11 nitrogen and oxygen atoms in total. The highest BCUT2D eigenvalue weighted by Crippen LogP contribution is 2.24. The predicted octanol–water partition coefficient (Wildman–Crippen LogP) is 3.09. The van der Waals surface area contributed by atoms with E-state index in [1.165, 1.54) is 38.5 Å².